The van der Waals surface area contributed by atoms with Gasteiger partial charge in [-0.2, -0.15) is 0 Å². The second kappa shape index (κ2) is 10.4. The normalized spacial score (nSPS) is 17.4. The van der Waals surface area contributed by atoms with Crippen LogP contribution >= 0.6 is 7.82 Å². The van der Waals surface area contributed by atoms with E-state index in [1.54, 1.807) is 4.90 Å². The van der Waals surface area contributed by atoms with Crippen molar-refractivity contribution in [2.24, 2.45) is 0 Å². The fourth-order valence-electron chi connectivity index (χ4n) is 3.35. The van der Waals surface area contributed by atoms with Gasteiger partial charge in [0.15, 0.2) is 0 Å². The zero-order valence-electron chi connectivity index (χ0n) is 16.9. The Morgan fingerprint density at radius 2 is 1.84 bits per heavy atom. The van der Waals surface area contributed by atoms with Gasteiger partial charge in [-0.3, -0.25) is 19.4 Å². The Morgan fingerprint density at radius 3 is 2.52 bits per heavy atom. The minimum absolute atomic E-state index is 0.0493. The summed E-state index contributed by atoms with van der Waals surface area (Å²) in [5, 5.41) is 2.78. The average molecular weight is 444 g/mol. The first-order valence-electron chi connectivity index (χ1n) is 9.98. The Balaban J connectivity index is 1.60. The Morgan fingerprint density at radius 1 is 1.13 bits per heavy atom. The van der Waals surface area contributed by atoms with Gasteiger partial charge in [0.1, 0.15) is 11.8 Å². The fourth-order valence-corrected chi connectivity index (χ4v) is 3.74. The van der Waals surface area contributed by atoms with E-state index in [9.17, 15) is 14.2 Å². The van der Waals surface area contributed by atoms with E-state index in [4.69, 9.17) is 9.79 Å². The molecular formula is C22H25N2O6P. The standard InChI is InChI=1S/C22H25N2O6P/c25-21(18-11-13-19(14-12-18)30-31(27,28)29)23-20-10-4-5-15-24(22(20)26)16-6-9-17-7-2-1-3-8-17/h1-3,6-9,11-14,20H,4-5,10,15-16H2,(H,23,25)(H2,27,28,29)/t20-/m0/s1. The van der Waals surface area contributed by atoms with E-state index in [2.05, 4.69) is 9.84 Å². The first-order chi connectivity index (χ1) is 14.8. The molecule has 1 fully saturated rings. The summed E-state index contributed by atoms with van der Waals surface area (Å²) in [6, 6.07) is 14.6. The summed E-state index contributed by atoms with van der Waals surface area (Å²) < 4.78 is 15.4. The summed E-state index contributed by atoms with van der Waals surface area (Å²) in [6.45, 7) is 1.10. The van der Waals surface area contributed by atoms with E-state index >= 15 is 0 Å². The molecule has 9 heteroatoms. The van der Waals surface area contributed by atoms with Gasteiger partial charge in [0.25, 0.3) is 5.91 Å². The van der Waals surface area contributed by atoms with Crippen molar-refractivity contribution in [2.75, 3.05) is 13.1 Å². The molecule has 0 aliphatic carbocycles. The number of rotatable bonds is 7. The summed E-state index contributed by atoms with van der Waals surface area (Å²) in [6.07, 6.45) is 6.16. The molecule has 31 heavy (non-hydrogen) atoms. The highest BCUT2D eigenvalue weighted by atomic mass is 31.2. The van der Waals surface area contributed by atoms with Crippen molar-refractivity contribution >= 4 is 25.7 Å². The van der Waals surface area contributed by atoms with Crippen LogP contribution in [0.15, 0.2) is 60.7 Å². The predicted molar refractivity (Wildman–Crippen MR) is 116 cm³/mol. The van der Waals surface area contributed by atoms with Crippen LogP contribution in [0.25, 0.3) is 6.08 Å². The molecule has 0 saturated carbocycles. The number of carbonyl (C=O) groups is 2. The van der Waals surface area contributed by atoms with Gasteiger partial charge in [0.05, 0.1) is 0 Å². The second-order valence-electron chi connectivity index (χ2n) is 7.23. The van der Waals surface area contributed by atoms with E-state index in [1.165, 1.54) is 24.3 Å². The molecule has 0 aromatic heterocycles. The maximum Gasteiger partial charge on any atom is 0.524 e. The first kappa shape index (κ1) is 22.7. The number of hydrogen-bond acceptors (Lipinski definition) is 4. The van der Waals surface area contributed by atoms with Crippen LogP contribution in [-0.2, 0) is 9.36 Å². The summed E-state index contributed by atoms with van der Waals surface area (Å²) in [5.41, 5.74) is 1.33. The monoisotopic (exact) mass is 444 g/mol. The molecule has 1 atom stereocenters. The fraction of sp³-hybridized carbons (Fsp3) is 0.273. The number of benzene rings is 2. The molecule has 0 bridgehead atoms. The molecule has 2 amide bonds. The van der Waals surface area contributed by atoms with Gasteiger partial charge >= 0.3 is 7.82 Å². The minimum Gasteiger partial charge on any atom is -0.404 e. The summed E-state index contributed by atoms with van der Waals surface area (Å²) in [7, 11) is -4.66. The summed E-state index contributed by atoms with van der Waals surface area (Å²) in [4.78, 5) is 44.9. The third kappa shape index (κ3) is 7.07. The number of phosphoric ester groups is 1. The van der Waals surface area contributed by atoms with Crippen LogP contribution in [0.4, 0.5) is 0 Å². The van der Waals surface area contributed by atoms with Crippen LogP contribution in [0, 0.1) is 0 Å². The maximum atomic E-state index is 12.9. The average Bonchev–Trinajstić information content (AvgIpc) is 2.90. The number of carbonyl (C=O) groups excluding carboxylic acids is 2. The Labute approximate surface area is 180 Å². The SMILES string of the molecule is O=C(N[C@H]1CCCCN(CC=Cc2ccccc2)C1=O)c1ccc(OP(=O)(O)O)cc1. The smallest absolute Gasteiger partial charge is 0.404 e. The van der Waals surface area contributed by atoms with Crippen molar-refractivity contribution in [1.82, 2.24) is 10.2 Å². The molecule has 0 spiro atoms. The minimum atomic E-state index is -4.66. The van der Waals surface area contributed by atoms with Crippen molar-refractivity contribution in [3.8, 4) is 5.75 Å². The van der Waals surface area contributed by atoms with E-state index in [0.717, 1.165) is 18.4 Å². The van der Waals surface area contributed by atoms with Crippen LogP contribution in [0.5, 0.6) is 5.75 Å². The largest absolute Gasteiger partial charge is 0.524 e. The number of hydrogen-bond donors (Lipinski definition) is 3. The molecule has 0 unspecified atom stereocenters. The quantitative estimate of drug-likeness (QED) is 0.566. The molecule has 3 rings (SSSR count). The number of phosphoric acid groups is 1. The third-order valence-corrected chi connectivity index (χ3v) is 5.31. The van der Waals surface area contributed by atoms with Gasteiger partial charge in [-0.25, -0.2) is 4.57 Å². The maximum absolute atomic E-state index is 12.9. The zero-order valence-corrected chi connectivity index (χ0v) is 17.8. The summed E-state index contributed by atoms with van der Waals surface area (Å²) in [5.74, 6) is -0.598. The Kier molecular flexibility index (Phi) is 7.63. The highest BCUT2D eigenvalue weighted by Gasteiger charge is 2.28. The van der Waals surface area contributed by atoms with E-state index in [-0.39, 0.29) is 17.2 Å². The van der Waals surface area contributed by atoms with Crippen LogP contribution in [-0.4, -0.2) is 45.6 Å². The molecule has 0 radical (unpaired) electrons. The number of nitrogens with one attached hydrogen (secondary N) is 1. The zero-order chi connectivity index (χ0) is 22.3. The molecule has 1 heterocycles. The predicted octanol–water partition coefficient (Wildman–Crippen LogP) is 2.98. The van der Waals surface area contributed by atoms with Gasteiger partial charge in [0.2, 0.25) is 5.91 Å². The molecule has 2 aromatic rings. The number of likely N-dealkylation sites (tertiary alicyclic amines) is 1. The molecule has 3 N–H and O–H groups in total. The van der Waals surface area contributed by atoms with Crippen LogP contribution in [0.1, 0.15) is 35.2 Å². The third-order valence-electron chi connectivity index (χ3n) is 4.86. The van der Waals surface area contributed by atoms with Crippen molar-refractivity contribution in [3.63, 3.8) is 0 Å². The van der Waals surface area contributed by atoms with Crippen LogP contribution in [0.2, 0.25) is 0 Å². The Hall–Kier alpha value is -2.93. The van der Waals surface area contributed by atoms with Crippen molar-refractivity contribution < 1.29 is 28.5 Å². The van der Waals surface area contributed by atoms with Gasteiger partial charge in [0, 0.05) is 18.7 Å². The topological polar surface area (TPSA) is 116 Å². The van der Waals surface area contributed by atoms with Crippen molar-refractivity contribution in [1.29, 1.82) is 0 Å². The van der Waals surface area contributed by atoms with Crippen molar-refractivity contribution in [2.45, 2.75) is 25.3 Å². The van der Waals surface area contributed by atoms with Crippen molar-refractivity contribution in [3.05, 3.63) is 71.8 Å². The number of nitrogens with zero attached hydrogens (tertiary/aromatic N) is 1. The van der Waals surface area contributed by atoms with E-state index < -0.39 is 19.8 Å². The lowest BCUT2D eigenvalue weighted by atomic mass is 10.1. The molecule has 1 aliphatic heterocycles. The van der Waals surface area contributed by atoms with Crippen LogP contribution < -0.4 is 9.84 Å². The molecule has 8 nitrogen and oxygen atoms in total. The first-order valence-corrected chi connectivity index (χ1v) is 11.5. The lowest BCUT2D eigenvalue weighted by Gasteiger charge is -2.23. The Bertz CT molecular complexity index is 971. The van der Waals surface area contributed by atoms with Crippen LogP contribution in [0.3, 0.4) is 0 Å². The molecule has 2 aromatic carbocycles. The van der Waals surface area contributed by atoms with E-state index in [1.807, 2.05) is 42.5 Å². The van der Waals surface area contributed by atoms with Gasteiger partial charge in [-0.15, -0.1) is 0 Å². The highest BCUT2D eigenvalue weighted by Crippen LogP contribution is 2.37. The molecular weight excluding hydrogens is 419 g/mol. The highest BCUT2D eigenvalue weighted by molar-refractivity contribution is 7.46. The number of amides is 2. The molecule has 1 saturated heterocycles. The second-order valence-corrected chi connectivity index (χ2v) is 8.39. The lowest BCUT2D eigenvalue weighted by molar-refractivity contribution is -0.132. The molecule has 164 valence electrons. The van der Waals surface area contributed by atoms with Gasteiger partial charge in [-0.1, -0.05) is 42.5 Å². The van der Waals surface area contributed by atoms with Gasteiger partial charge in [-0.05, 0) is 49.1 Å². The van der Waals surface area contributed by atoms with E-state index in [0.29, 0.717) is 19.5 Å². The summed E-state index contributed by atoms with van der Waals surface area (Å²) >= 11 is 0. The lowest BCUT2D eigenvalue weighted by Crippen LogP contribution is -2.47. The molecule has 1 aliphatic rings. The van der Waals surface area contributed by atoms with Gasteiger partial charge < -0.3 is 14.7 Å².